The van der Waals surface area contributed by atoms with Crippen LogP contribution in [0, 0.1) is 6.92 Å². The number of rotatable bonds is 5. The van der Waals surface area contributed by atoms with Crippen molar-refractivity contribution in [1.82, 2.24) is 15.6 Å². The third-order valence-electron chi connectivity index (χ3n) is 2.18. The number of aromatic nitrogens is 1. The third kappa shape index (κ3) is 4.95. The fourth-order valence-corrected chi connectivity index (χ4v) is 3.61. The number of aryl methyl sites for hydroxylation is 1. The SMILES string of the molecule is Cc1csc(SCC(=O)NC(=O)NCc2cccs2)n1. The number of urea groups is 1. The van der Waals surface area contributed by atoms with Crippen molar-refractivity contribution in [2.75, 3.05) is 5.75 Å². The number of thiazole rings is 1. The van der Waals surface area contributed by atoms with Gasteiger partial charge in [0, 0.05) is 16.0 Å². The van der Waals surface area contributed by atoms with Gasteiger partial charge in [-0.25, -0.2) is 9.78 Å². The molecule has 106 valence electrons. The van der Waals surface area contributed by atoms with Crippen LogP contribution in [0.5, 0.6) is 0 Å². The Labute approximate surface area is 128 Å². The molecule has 0 spiro atoms. The predicted octanol–water partition coefficient (Wildman–Crippen LogP) is 2.63. The Balaban J connectivity index is 1.67. The van der Waals surface area contributed by atoms with Gasteiger partial charge in [-0.3, -0.25) is 10.1 Å². The number of imide groups is 1. The van der Waals surface area contributed by atoms with Gasteiger partial charge in [0.2, 0.25) is 5.91 Å². The number of hydrogen-bond acceptors (Lipinski definition) is 6. The number of amides is 3. The van der Waals surface area contributed by atoms with Crippen molar-refractivity contribution in [2.24, 2.45) is 0 Å². The maximum Gasteiger partial charge on any atom is 0.321 e. The number of nitrogens with one attached hydrogen (secondary N) is 2. The van der Waals surface area contributed by atoms with Gasteiger partial charge in [-0.15, -0.1) is 22.7 Å². The van der Waals surface area contributed by atoms with Gasteiger partial charge in [-0.05, 0) is 18.4 Å². The van der Waals surface area contributed by atoms with E-state index in [1.165, 1.54) is 23.1 Å². The molecule has 20 heavy (non-hydrogen) atoms. The van der Waals surface area contributed by atoms with Crippen LogP contribution in [0.15, 0.2) is 27.2 Å². The van der Waals surface area contributed by atoms with E-state index in [0.29, 0.717) is 6.54 Å². The van der Waals surface area contributed by atoms with Gasteiger partial charge in [-0.2, -0.15) is 0 Å². The maximum atomic E-state index is 11.6. The highest BCUT2D eigenvalue weighted by Crippen LogP contribution is 2.21. The van der Waals surface area contributed by atoms with Crippen LogP contribution in [0.25, 0.3) is 0 Å². The van der Waals surface area contributed by atoms with E-state index in [1.54, 1.807) is 11.3 Å². The summed E-state index contributed by atoms with van der Waals surface area (Å²) in [5.41, 5.74) is 0.937. The van der Waals surface area contributed by atoms with Gasteiger partial charge in [0.25, 0.3) is 0 Å². The minimum Gasteiger partial charge on any atom is -0.333 e. The maximum absolute atomic E-state index is 11.6. The summed E-state index contributed by atoms with van der Waals surface area (Å²) in [4.78, 5) is 28.4. The van der Waals surface area contributed by atoms with Gasteiger partial charge in [0.15, 0.2) is 4.34 Å². The molecule has 2 heterocycles. The highest BCUT2D eigenvalue weighted by atomic mass is 32.2. The Hall–Kier alpha value is -1.38. The van der Waals surface area contributed by atoms with E-state index < -0.39 is 6.03 Å². The molecule has 0 bridgehead atoms. The number of carbonyl (C=O) groups is 2. The quantitative estimate of drug-likeness (QED) is 0.828. The van der Waals surface area contributed by atoms with Crippen molar-refractivity contribution in [3.63, 3.8) is 0 Å². The van der Waals surface area contributed by atoms with Crippen LogP contribution >= 0.6 is 34.4 Å². The van der Waals surface area contributed by atoms with Crippen LogP contribution in [0.1, 0.15) is 10.6 Å². The molecule has 0 saturated heterocycles. The average Bonchev–Trinajstić information content (AvgIpc) is 3.05. The lowest BCUT2D eigenvalue weighted by Gasteiger charge is -2.04. The van der Waals surface area contributed by atoms with E-state index in [2.05, 4.69) is 15.6 Å². The minimum absolute atomic E-state index is 0.180. The lowest BCUT2D eigenvalue weighted by Crippen LogP contribution is -2.39. The number of carbonyl (C=O) groups excluding carboxylic acids is 2. The molecule has 0 radical (unpaired) electrons. The first-order valence-corrected chi connectivity index (χ1v) is 8.53. The summed E-state index contributed by atoms with van der Waals surface area (Å²) in [5, 5.41) is 8.79. The molecule has 2 aromatic rings. The van der Waals surface area contributed by atoms with Crippen molar-refractivity contribution >= 4 is 46.4 Å². The van der Waals surface area contributed by atoms with Crippen LogP contribution < -0.4 is 10.6 Å². The van der Waals surface area contributed by atoms with E-state index in [0.717, 1.165) is 14.9 Å². The molecule has 0 aliphatic heterocycles. The van der Waals surface area contributed by atoms with E-state index in [1.807, 2.05) is 29.8 Å². The Kier molecular flexibility index (Phi) is 5.57. The van der Waals surface area contributed by atoms with Crippen LogP contribution in [-0.4, -0.2) is 22.7 Å². The highest BCUT2D eigenvalue weighted by Gasteiger charge is 2.09. The first-order chi connectivity index (χ1) is 9.63. The first-order valence-electron chi connectivity index (χ1n) is 5.78. The molecule has 2 N–H and O–H groups in total. The Morgan fingerprint density at radius 2 is 2.25 bits per heavy atom. The summed E-state index contributed by atoms with van der Waals surface area (Å²) in [5.74, 6) is -0.147. The predicted molar refractivity (Wildman–Crippen MR) is 82.3 cm³/mol. The summed E-state index contributed by atoms with van der Waals surface area (Å²) in [6, 6.07) is 3.37. The van der Waals surface area contributed by atoms with Gasteiger partial charge in [0.05, 0.1) is 12.3 Å². The molecule has 0 atom stereocenters. The van der Waals surface area contributed by atoms with Crippen molar-refractivity contribution < 1.29 is 9.59 Å². The molecule has 0 fully saturated rings. The smallest absolute Gasteiger partial charge is 0.321 e. The second kappa shape index (κ2) is 7.41. The van der Waals surface area contributed by atoms with Crippen molar-refractivity contribution in [3.8, 4) is 0 Å². The molecule has 2 aromatic heterocycles. The minimum atomic E-state index is -0.473. The summed E-state index contributed by atoms with van der Waals surface area (Å²) >= 11 is 4.37. The molecule has 2 rings (SSSR count). The Morgan fingerprint density at radius 1 is 1.40 bits per heavy atom. The molecule has 0 unspecified atom stereocenters. The lowest BCUT2D eigenvalue weighted by molar-refractivity contribution is -0.117. The fraction of sp³-hybridized carbons (Fsp3) is 0.250. The molecule has 0 aromatic carbocycles. The zero-order chi connectivity index (χ0) is 14.4. The number of hydrogen-bond donors (Lipinski definition) is 2. The normalized spacial score (nSPS) is 10.2. The lowest BCUT2D eigenvalue weighted by atomic mass is 10.5. The Bertz CT molecular complexity index is 581. The van der Waals surface area contributed by atoms with Crippen LogP contribution in [0.2, 0.25) is 0 Å². The van der Waals surface area contributed by atoms with Crippen LogP contribution in [-0.2, 0) is 11.3 Å². The molecule has 0 aliphatic rings. The van der Waals surface area contributed by atoms with Crippen LogP contribution in [0.3, 0.4) is 0 Å². The largest absolute Gasteiger partial charge is 0.333 e. The molecule has 8 heteroatoms. The Morgan fingerprint density at radius 3 is 2.90 bits per heavy atom. The zero-order valence-corrected chi connectivity index (χ0v) is 13.2. The summed E-state index contributed by atoms with van der Waals surface area (Å²) < 4.78 is 0.830. The molecule has 0 saturated carbocycles. The highest BCUT2D eigenvalue weighted by molar-refractivity contribution is 8.01. The molecular formula is C12H13N3O2S3. The number of nitrogens with zero attached hydrogens (tertiary/aromatic N) is 1. The summed E-state index contributed by atoms with van der Waals surface area (Å²) in [6.45, 7) is 2.33. The van der Waals surface area contributed by atoms with E-state index in [-0.39, 0.29) is 11.7 Å². The monoisotopic (exact) mass is 327 g/mol. The molecule has 3 amide bonds. The molecule has 5 nitrogen and oxygen atoms in total. The first kappa shape index (κ1) is 15.0. The number of thioether (sulfide) groups is 1. The standard InChI is InChI=1S/C12H13N3O2S3/c1-8-6-19-12(14-8)20-7-10(16)15-11(17)13-5-9-3-2-4-18-9/h2-4,6H,5,7H2,1H3,(H2,13,15,16,17). The van der Waals surface area contributed by atoms with E-state index >= 15 is 0 Å². The van der Waals surface area contributed by atoms with Crippen LogP contribution in [0.4, 0.5) is 4.79 Å². The molecular weight excluding hydrogens is 314 g/mol. The summed E-state index contributed by atoms with van der Waals surface area (Å²) in [7, 11) is 0. The number of thiophene rings is 1. The third-order valence-corrected chi connectivity index (χ3v) is 5.20. The van der Waals surface area contributed by atoms with Gasteiger partial charge in [0.1, 0.15) is 0 Å². The topological polar surface area (TPSA) is 71.1 Å². The average molecular weight is 327 g/mol. The second-order valence-corrected chi connectivity index (χ2v) is 6.97. The molecule has 0 aliphatic carbocycles. The van der Waals surface area contributed by atoms with E-state index in [4.69, 9.17) is 0 Å². The van der Waals surface area contributed by atoms with Crippen molar-refractivity contribution in [2.45, 2.75) is 17.8 Å². The zero-order valence-electron chi connectivity index (χ0n) is 10.7. The fourth-order valence-electron chi connectivity index (χ4n) is 1.31. The van der Waals surface area contributed by atoms with E-state index in [9.17, 15) is 9.59 Å². The second-order valence-electron chi connectivity index (χ2n) is 3.85. The van der Waals surface area contributed by atoms with Crippen molar-refractivity contribution in [3.05, 3.63) is 33.5 Å². The van der Waals surface area contributed by atoms with Gasteiger partial charge in [-0.1, -0.05) is 17.8 Å². The summed E-state index contributed by atoms with van der Waals surface area (Å²) in [6.07, 6.45) is 0. The van der Waals surface area contributed by atoms with Gasteiger partial charge < -0.3 is 5.32 Å². The van der Waals surface area contributed by atoms with Gasteiger partial charge >= 0.3 is 6.03 Å². The van der Waals surface area contributed by atoms with Crippen molar-refractivity contribution in [1.29, 1.82) is 0 Å².